The lowest BCUT2D eigenvalue weighted by atomic mass is 10.0. The molecule has 7 nitrogen and oxygen atoms in total. The number of benzene rings is 1. The summed E-state index contributed by atoms with van der Waals surface area (Å²) in [5, 5.41) is 6.87. The highest BCUT2D eigenvalue weighted by Gasteiger charge is 2.25. The van der Waals surface area contributed by atoms with Gasteiger partial charge in [-0.1, -0.05) is 12.1 Å². The van der Waals surface area contributed by atoms with Crippen LogP contribution in [0.1, 0.15) is 46.0 Å². The number of ether oxygens (including phenoxy) is 1. The summed E-state index contributed by atoms with van der Waals surface area (Å²) in [6.45, 7) is 8.29. The number of amides is 1. The molecule has 2 fully saturated rings. The Labute approximate surface area is 204 Å². The molecule has 3 rings (SSSR count). The molecule has 31 heavy (non-hydrogen) atoms. The molecule has 2 N–H and O–H groups in total. The number of anilines is 1. The lowest BCUT2D eigenvalue weighted by molar-refractivity contribution is -0.134. The number of aliphatic imine (C=N–C) groups is 1. The highest BCUT2D eigenvalue weighted by atomic mass is 127. The first-order valence-electron chi connectivity index (χ1n) is 11.3. The SMILES string of the molecule is CCNC(=NCCC(=O)N1CCCCC1C)NC1CCN(c2ccccc2OC)C1.I. The summed E-state index contributed by atoms with van der Waals surface area (Å²) in [7, 11) is 1.71. The van der Waals surface area contributed by atoms with Gasteiger partial charge in [0.15, 0.2) is 5.96 Å². The van der Waals surface area contributed by atoms with Gasteiger partial charge in [0.25, 0.3) is 0 Å². The predicted octanol–water partition coefficient (Wildman–Crippen LogP) is 3.24. The first-order chi connectivity index (χ1) is 14.6. The Morgan fingerprint density at radius 3 is 2.77 bits per heavy atom. The van der Waals surface area contributed by atoms with Crippen LogP contribution in [-0.4, -0.2) is 68.7 Å². The molecule has 8 heteroatoms. The number of carbonyl (C=O) groups is 1. The zero-order valence-corrected chi connectivity index (χ0v) is 21.4. The lowest BCUT2D eigenvalue weighted by Crippen LogP contribution is -2.45. The van der Waals surface area contributed by atoms with Crippen molar-refractivity contribution in [2.45, 2.75) is 58.0 Å². The molecule has 0 radical (unpaired) electrons. The second kappa shape index (κ2) is 13.0. The maximum absolute atomic E-state index is 12.6. The number of guanidine groups is 1. The van der Waals surface area contributed by atoms with Crippen molar-refractivity contribution in [2.24, 2.45) is 4.99 Å². The molecule has 0 bridgehead atoms. The molecule has 1 aromatic rings. The largest absolute Gasteiger partial charge is 0.495 e. The topological polar surface area (TPSA) is 69.2 Å². The third-order valence-corrected chi connectivity index (χ3v) is 6.02. The summed E-state index contributed by atoms with van der Waals surface area (Å²) in [4.78, 5) is 21.6. The third kappa shape index (κ3) is 7.15. The van der Waals surface area contributed by atoms with E-state index in [0.717, 1.165) is 62.8 Å². The van der Waals surface area contributed by atoms with Crippen molar-refractivity contribution in [1.82, 2.24) is 15.5 Å². The van der Waals surface area contributed by atoms with E-state index in [4.69, 9.17) is 4.74 Å². The molecule has 2 unspecified atom stereocenters. The summed E-state index contributed by atoms with van der Waals surface area (Å²) in [6.07, 6.45) is 4.97. The van der Waals surface area contributed by atoms with Gasteiger partial charge < -0.3 is 25.2 Å². The summed E-state index contributed by atoms with van der Waals surface area (Å²) in [5.41, 5.74) is 1.13. The number of hydrogen-bond acceptors (Lipinski definition) is 4. The van der Waals surface area contributed by atoms with E-state index in [2.05, 4.69) is 40.4 Å². The van der Waals surface area contributed by atoms with Gasteiger partial charge in [0, 0.05) is 44.7 Å². The molecular weight excluding hydrogens is 505 g/mol. The second-order valence-electron chi connectivity index (χ2n) is 8.19. The summed E-state index contributed by atoms with van der Waals surface area (Å²) in [6, 6.07) is 8.82. The summed E-state index contributed by atoms with van der Waals surface area (Å²) >= 11 is 0. The van der Waals surface area contributed by atoms with Gasteiger partial charge in [-0.05, 0) is 51.7 Å². The Kier molecular flexibility index (Phi) is 10.7. The van der Waals surface area contributed by atoms with E-state index >= 15 is 0 Å². The Morgan fingerprint density at radius 1 is 1.23 bits per heavy atom. The van der Waals surface area contributed by atoms with E-state index in [9.17, 15) is 4.79 Å². The maximum atomic E-state index is 12.6. The molecule has 2 aliphatic rings. The standard InChI is InChI=1S/C23H37N5O2.HI/c1-4-24-23(25-14-12-22(29)28-15-8-7-9-18(28)2)26-19-13-16-27(17-19)20-10-5-6-11-21(20)30-3;/h5-6,10-11,18-19H,4,7-9,12-17H2,1-3H3,(H2,24,25,26);1H. The lowest BCUT2D eigenvalue weighted by Gasteiger charge is -2.33. The van der Waals surface area contributed by atoms with E-state index in [1.165, 1.54) is 6.42 Å². The number of nitrogens with one attached hydrogen (secondary N) is 2. The van der Waals surface area contributed by atoms with Crippen molar-refractivity contribution in [3.05, 3.63) is 24.3 Å². The molecule has 1 aromatic carbocycles. The van der Waals surface area contributed by atoms with Gasteiger partial charge in [-0.2, -0.15) is 0 Å². The number of halogens is 1. The molecule has 0 saturated carbocycles. The number of methoxy groups -OCH3 is 1. The summed E-state index contributed by atoms with van der Waals surface area (Å²) < 4.78 is 5.51. The fraction of sp³-hybridized carbons (Fsp3) is 0.652. The molecule has 0 spiro atoms. The van der Waals surface area contributed by atoms with Crippen molar-refractivity contribution in [3.63, 3.8) is 0 Å². The van der Waals surface area contributed by atoms with Crippen molar-refractivity contribution < 1.29 is 9.53 Å². The number of para-hydroxylation sites is 2. The Bertz CT molecular complexity index is 730. The zero-order chi connectivity index (χ0) is 21.3. The molecule has 2 saturated heterocycles. The average Bonchev–Trinajstić information content (AvgIpc) is 3.22. The number of carbonyl (C=O) groups excluding carboxylic acids is 1. The monoisotopic (exact) mass is 543 g/mol. The van der Waals surface area contributed by atoms with Gasteiger partial charge in [-0.15, -0.1) is 24.0 Å². The van der Waals surface area contributed by atoms with Gasteiger partial charge in [-0.3, -0.25) is 9.79 Å². The number of likely N-dealkylation sites (tertiary alicyclic amines) is 1. The minimum Gasteiger partial charge on any atom is -0.495 e. The quantitative estimate of drug-likeness (QED) is 0.314. The molecule has 0 aromatic heterocycles. The fourth-order valence-corrected chi connectivity index (χ4v) is 4.38. The van der Waals surface area contributed by atoms with Crippen LogP contribution in [0.5, 0.6) is 5.75 Å². The second-order valence-corrected chi connectivity index (χ2v) is 8.19. The fourth-order valence-electron chi connectivity index (χ4n) is 4.38. The minimum absolute atomic E-state index is 0. The molecule has 2 aliphatic heterocycles. The first-order valence-corrected chi connectivity index (χ1v) is 11.3. The van der Waals surface area contributed by atoms with Crippen LogP contribution in [0, 0.1) is 0 Å². The highest BCUT2D eigenvalue weighted by molar-refractivity contribution is 14.0. The first kappa shape index (κ1) is 25.5. The van der Waals surface area contributed by atoms with Gasteiger partial charge >= 0.3 is 0 Å². The molecule has 2 atom stereocenters. The van der Waals surface area contributed by atoms with Gasteiger partial charge in [0.1, 0.15) is 5.75 Å². The van der Waals surface area contributed by atoms with E-state index in [-0.39, 0.29) is 29.9 Å². The molecule has 2 heterocycles. The molecule has 174 valence electrons. The number of nitrogens with zero attached hydrogens (tertiary/aromatic N) is 3. The van der Waals surface area contributed by atoms with Crippen molar-refractivity contribution in [2.75, 3.05) is 44.7 Å². The van der Waals surface area contributed by atoms with Crippen LogP contribution in [0.2, 0.25) is 0 Å². The van der Waals surface area contributed by atoms with Crippen LogP contribution in [0.3, 0.4) is 0 Å². The van der Waals surface area contributed by atoms with Crippen LogP contribution in [0.25, 0.3) is 0 Å². The van der Waals surface area contributed by atoms with Crippen molar-refractivity contribution >= 4 is 41.5 Å². The normalized spacial score (nSPS) is 21.5. The van der Waals surface area contributed by atoms with Crippen molar-refractivity contribution in [1.29, 1.82) is 0 Å². The van der Waals surface area contributed by atoms with E-state index in [0.29, 0.717) is 25.0 Å². The Hall–Kier alpha value is -1.71. The Balaban J connectivity index is 0.00000341. The maximum Gasteiger partial charge on any atom is 0.224 e. The zero-order valence-electron chi connectivity index (χ0n) is 19.1. The Morgan fingerprint density at radius 2 is 2.03 bits per heavy atom. The van der Waals surface area contributed by atoms with Crippen LogP contribution in [0.15, 0.2) is 29.3 Å². The van der Waals surface area contributed by atoms with E-state index in [1.807, 2.05) is 23.1 Å². The van der Waals surface area contributed by atoms with Gasteiger partial charge in [0.05, 0.1) is 19.3 Å². The van der Waals surface area contributed by atoms with E-state index < -0.39 is 0 Å². The predicted molar refractivity (Wildman–Crippen MR) is 138 cm³/mol. The molecule has 1 amide bonds. The average molecular weight is 543 g/mol. The van der Waals surface area contributed by atoms with Gasteiger partial charge in [-0.25, -0.2) is 0 Å². The number of rotatable bonds is 7. The molecular formula is C23H38IN5O2. The minimum atomic E-state index is 0. The van der Waals surface area contributed by atoms with Crippen LogP contribution in [-0.2, 0) is 4.79 Å². The molecule has 0 aliphatic carbocycles. The number of hydrogen-bond donors (Lipinski definition) is 2. The van der Waals surface area contributed by atoms with Crippen LogP contribution in [0.4, 0.5) is 5.69 Å². The van der Waals surface area contributed by atoms with Gasteiger partial charge in [0.2, 0.25) is 5.91 Å². The van der Waals surface area contributed by atoms with Crippen LogP contribution >= 0.6 is 24.0 Å². The smallest absolute Gasteiger partial charge is 0.224 e. The van der Waals surface area contributed by atoms with E-state index in [1.54, 1.807) is 7.11 Å². The third-order valence-electron chi connectivity index (χ3n) is 6.02. The van der Waals surface area contributed by atoms with Crippen LogP contribution < -0.4 is 20.3 Å². The number of piperidine rings is 1. The highest BCUT2D eigenvalue weighted by Crippen LogP contribution is 2.30. The van der Waals surface area contributed by atoms with Crippen molar-refractivity contribution in [3.8, 4) is 5.75 Å². The summed E-state index contributed by atoms with van der Waals surface area (Å²) in [5.74, 6) is 1.93.